The van der Waals surface area contributed by atoms with E-state index < -0.39 is 5.97 Å². The Labute approximate surface area is 118 Å². The molecule has 0 unspecified atom stereocenters. The van der Waals surface area contributed by atoms with Crippen LogP contribution in [0.3, 0.4) is 0 Å². The fourth-order valence-electron chi connectivity index (χ4n) is 2.20. The van der Waals surface area contributed by atoms with Gasteiger partial charge in [0.25, 0.3) is 0 Å². The number of para-hydroxylation sites is 2. The standard InChI is InChI=1S/C16H18N2O2/c1-3-11-7-4-6-10(2)15(11)18-13-9-5-8-12(14(13)17)16(19)20/h4-9,18H,3,17H2,1-2H3,(H,19,20). The first-order valence-electron chi connectivity index (χ1n) is 6.52. The molecule has 0 spiro atoms. The minimum absolute atomic E-state index is 0.113. The zero-order valence-electron chi connectivity index (χ0n) is 11.6. The Morgan fingerprint density at radius 1 is 1.25 bits per heavy atom. The molecule has 0 aliphatic heterocycles. The number of carboxylic acids is 1. The zero-order valence-corrected chi connectivity index (χ0v) is 11.6. The number of carboxylic acid groups (broad SMARTS) is 1. The van der Waals surface area contributed by atoms with E-state index in [1.54, 1.807) is 12.1 Å². The van der Waals surface area contributed by atoms with Crippen molar-refractivity contribution >= 4 is 23.0 Å². The molecule has 0 aromatic heterocycles. The molecule has 0 aliphatic carbocycles. The molecule has 0 radical (unpaired) electrons. The van der Waals surface area contributed by atoms with Crippen LogP contribution in [-0.2, 0) is 6.42 Å². The highest BCUT2D eigenvalue weighted by molar-refractivity contribution is 5.97. The molecule has 20 heavy (non-hydrogen) atoms. The Hall–Kier alpha value is -2.49. The van der Waals surface area contributed by atoms with Gasteiger partial charge in [-0.25, -0.2) is 4.79 Å². The molecular weight excluding hydrogens is 252 g/mol. The second kappa shape index (κ2) is 5.65. The predicted octanol–water partition coefficient (Wildman–Crippen LogP) is 3.58. The Morgan fingerprint density at radius 2 is 1.95 bits per heavy atom. The monoisotopic (exact) mass is 270 g/mol. The third-order valence-electron chi connectivity index (χ3n) is 3.34. The topological polar surface area (TPSA) is 75.3 Å². The second-order valence-corrected chi connectivity index (χ2v) is 4.66. The van der Waals surface area contributed by atoms with Gasteiger partial charge in [-0.2, -0.15) is 0 Å². The number of hydrogen-bond acceptors (Lipinski definition) is 3. The van der Waals surface area contributed by atoms with E-state index in [0.29, 0.717) is 5.69 Å². The fourth-order valence-corrected chi connectivity index (χ4v) is 2.20. The molecule has 0 fully saturated rings. The van der Waals surface area contributed by atoms with Crippen LogP contribution in [0.25, 0.3) is 0 Å². The van der Waals surface area contributed by atoms with Crippen LogP contribution in [0.2, 0.25) is 0 Å². The van der Waals surface area contributed by atoms with Gasteiger partial charge in [0.2, 0.25) is 0 Å². The minimum Gasteiger partial charge on any atom is -0.478 e. The van der Waals surface area contributed by atoms with Crippen molar-refractivity contribution in [2.24, 2.45) is 0 Å². The van der Waals surface area contributed by atoms with Gasteiger partial charge in [-0.05, 0) is 36.6 Å². The number of aryl methyl sites for hydroxylation is 2. The number of hydrogen-bond donors (Lipinski definition) is 3. The molecule has 0 saturated carbocycles. The third kappa shape index (κ3) is 2.59. The van der Waals surface area contributed by atoms with Crippen LogP contribution in [0.5, 0.6) is 0 Å². The molecule has 0 bridgehead atoms. The Bertz CT molecular complexity index is 651. The predicted molar refractivity (Wildman–Crippen MR) is 81.7 cm³/mol. The van der Waals surface area contributed by atoms with Crippen molar-refractivity contribution in [3.63, 3.8) is 0 Å². The number of benzene rings is 2. The summed E-state index contributed by atoms with van der Waals surface area (Å²) in [5.74, 6) is -1.02. The van der Waals surface area contributed by atoms with Gasteiger partial charge >= 0.3 is 5.97 Å². The highest BCUT2D eigenvalue weighted by Gasteiger charge is 2.12. The van der Waals surface area contributed by atoms with Crippen molar-refractivity contribution in [1.29, 1.82) is 0 Å². The summed E-state index contributed by atoms with van der Waals surface area (Å²) in [7, 11) is 0. The van der Waals surface area contributed by atoms with Crippen LogP contribution in [-0.4, -0.2) is 11.1 Å². The molecule has 4 nitrogen and oxygen atoms in total. The molecule has 104 valence electrons. The molecule has 2 aromatic carbocycles. The maximum absolute atomic E-state index is 11.1. The van der Waals surface area contributed by atoms with Crippen LogP contribution in [0.15, 0.2) is 36.4 Å². The van der Waals surface area contributed by atoms with E-state index in [1.165, 1.54) is 11.6 Å². The van der Waals surface area contributed by atoms with Gasteiger partial charge in [-0.15, -0.1) is 0 Å². The van der Waals surface area contributed by atoms with Crippen molar-refractivity contribution in [3.8, 4) is 0 Å². The average Bonchev–Trinajstić information content (AvgIpc) is 2.42. The van der Waals surface area contributed by atoms with Gasteiger partial charge < -0.3 is 16.2 Å². The lowest BCUT2D eigenvalue weighted by Crippen LogP contribution is -2.06. The molecule has 4 heteroatoms. The lowest BCUT2D eigenvalue weighted by atomic mass is 10.0. The molecule has 4 N–H and O–H groups in total. The van der Waals surface area contributed by atoms with Crippen LogP contribution >= 0.6 is 0 Å². The number of rotatable bonds is 4. The summed E-state index contributed by atoms with van der Waals surface area (Å²) < 4.78 is 0. The molecule has 2 rings (SSSR count). The molecule has 0 saturated heterocycles. The molecule has 0 heterocycles. The van der Waals surface area contributed by atoms with Gasteiger partial charge in [0, 0.05) is 5.69 Å². The Kier molecular flexibility index (Phi) is 3.94. The van der Waals surface area contributed by atoms with E-state index in [0.717, 1.165) is 17.7 Å². The summed E-state index contributed by atoms with van der Waals surface area (Å²) in [6.45, 7) is 4.09. The number of nitrogens with one attached hydrogen (secondary N) is 1. The van der Waals surface area contributed by atoms with Gasteiger partial charge in [-0.1, -0.05) is 31.2 Å². The van der Waals surface area contributed by atoms with E-state index in [4.69, 9.17) is 10.8 Å². The van der Waals surface area contributed by atoms with Crippen molar-refractivity contribution < 1.29 is 9.90 Å². The van der Waals surface area contributed by atoms with E-state index in [9.17, 15) is 4.79 Å². The fraction of sp³-hybridized carbons (Fsp3) is 0.188. The highest BCUT2D eigenvalue weighted by Crippen LogP contribution is 2.30. The van der Waals surface area contributed by atoms with E-state index in [2.05, 4.69) is 12.2 Å². The van der Waals surface area contributed by atoms with Gasteiger partial charge in [0.15, 0.2) is 0 Å². The molecular formula is C16H18N2O2. The lowest BCUT2D eigenvalue weighted by Gasteiger charge is -2.16. The highest BCUT2D eigenvalue weighted by atomic mass is 16.4. The first-order valence-corrected chi connectivity index (χ1v) is 6.52. The van der Waals surface area contributed by atoms with Crippen LogP contribution < -0.4 is 11.1 Å². The quantitative estimate of drug-likeness (QED) is 0.742. The van der Waals surface area contributed by atoms with Crippen molar-refractivity contribution in [2.45, 2.75) is 20.3 Å². The first kappa shape index (κ1) is 13.9. The van der Waals surface area contributed by atoms with E-state index in [-0.39, 0.29) is 11.3 Å². The summed E-state index contributed by atoms with van der Waals surface area (Å²) in [5.41, 5.74) is 10.2. The maximum Gasteiger partial charge on any atom is 0.337 e. The number of anilines is 3. The molecule has 0 amide bonds. The van der Waals surface area contributed by atoms with Gasteiger partial charge in [0.1, 0.15) is 0 Å². The Balaban J connectivity index is 2.46. The summed E-state index contributed by atoms with van der Waals surface area (Å²) >= 11 is 0. The van der Waals surface area contributed by atoms with Crippen LogP contribution in [0, 0.1) is 6.92 Å². The summed E-state index contributed by atoms with van der Waals surface area (Å²) in [5, 5.41) is 12.4. The van der Waals surface area contributed by atoms with Gasteiger partial charge in [0.05, 0.1) is 16.9 Å². The van der Waals surface area contributed by atoms with Crippen LogP contribution in [0.1, 0.15) is 28.4 Å². The van der Waals surface area contributed by atoms with E-state index >= 15 is 0 Å². The minimum atomic E-state index is -1.02. The van der Waals surface area contributed by atoms with E-state index in [1.807, 2.05) is 25.1 Å². The Morgan fingerprint density at radius 3 is 2.60 bits per heavy atom. The summed E-state index contributed by atoms with van der Waals surface area (Å²) in [6, 6.07) is 11.0. The second-order valence-electron chi connectivity index (χ2n) is 4.66. The zero-order chi connectivity index (χ0) is 14.7. The number of nitrogen functional groups attached to an aromatic ring is 1. The normalized spacial score (nSPS) is 10.3. The molecule has 2 aromatic rings. The van der Waals surface area contributed by atoms with Gasteiger partial charge in [-0.3, -0.25) is 0 Å². The lowest BCUT2D eigenvalue weighted by molar-refractivity contribution is 0.0698. The first-order chi connectivity index (χ1) is 9.54. The number of nitrogens with two attached hydrogens (primary N) is 1. The summed E-state index contributed by atoms with van der Waals surface area (Å²) in [4.78, 5) is 11.1. The number of carbonyl (C=O) groups is 1. The molecule has 0 atom stereocenters. The smallest absolute Gasteiger partial charge is 0.337 e. The average molecular weight is 270 g/mol. The van der Waals surface area contributed by atoms with Crippen LogP contribution in [0.4, 0.5) is 17.1 Å². The van der Waals surface area contributed by atoms with Crippen molar-refractivity contribution in [1.82, 2.24) is 0 Å². The number of aromatic carboxylic acids is 1. The van der Waals surface area contributed by atoms with Crippen molar-refractivity contribution in [2.75, 3.05) is 11.1 Å². The largest absolute Gasteiger partial charge is 0.478 e. The maximum atomic E-state index is 11.1. The summed E-state index contributed by atoms with van der Waals surface area (Å²) in [6.07, 6.45) is 0.891. The SMILES string of the molecule is CCc1cccc(C)c1Nc1cccc(C(=O)O)c1N. The third-order valence-corrected chi connectivity index (χ3v) is 3.34. The molecule has 0 aliphatic rings. The van der Waals surface area contributed by atoms with Crippen molar-refractivity contribution in [3.05, 3.63) is 53.1 Å².